The summed E-state index contributed by atoms with van der Waals surface area (Å²) in [5, 5.41) is 6.89. The topological polar surface area (TPSA) is 51.8 Å². The first-order valence-electron chi connectivity index (χ1n) is 17.7. The first-order chi connectivity index (χ1) is 25.6. The van der Waals surface area contributed by atoms with Crippen LogP contribution >= 0.6 is 0 Å². The molecular formula is C48H33N3O. The fraction of sp³-hybridized carbons (Fsp3) is 0.0625. The van der Waals surface area contributed by atoms with Crippen molar-refractivity contribution in [3.63, 3.8) is 0 Å². The maximum Gasteiger partial charge on any atom is 0.163 e. The molecule has 1 unspecified atom stereocenters. The molecule has 0 spiro atoms. The summed E-state index contributed by atoms with van der Waals surface area (Å²) in [5.74, 6) is 2.10. The van der Waals surface area contributed by atoms with Crippen molar-refractivity contribution in [3.8, 4) is 33.9 Å². The molecule has 0 bridgehead atoms. The lowest BCUT2D eigenvalue weighted by Gasteiger charge is -2.27. The van der Waals surface area contributed by atoms with Gasteiger partial charge in [-0.1, -0.05) is 140 Å². The van der Waals surface area contributed by atoms with Gasteiger partial charge in [-0.05, 0) is 87.5 Å². The minimum absolute atomic E-state index is 0.397. The third-order valence-corrected chi connectivity index (χ3v) is 10.4. The van der Waals surface area contributed by atoms with Gasteiger partial charge in [0.15, 0.2) is 11.6 Å². The van der Waals surface area contributed by atoms with Crippen LogP contribution in [0.3, 0.4) is 0 Å². The summed E-state index contributed by atoms with van der Waals surface area (Å²) in [6.45, 7) is 2.22. The van der Waals surface area contributed by atoms with Gasteiger partial charge in [-0.25, -0.2) is 15.0 Å². The highest BCUT2D eigenvalue weighted by Gasteiger charge is 2.30. The van der Waals surface area contributed by atoms with Crippen LogP contribution in [0, 0.1) is 0 Å². The largest absolute Gasteiger partial charge is 0.456 e. The zero-order chi connectivity index (χ0) is 34.6. The fourth-order valence-electron chi connectivity index (χ4n) is 7.53. The molecule has 9 aromatic rings. The van der Waals surface area contributed by atoms with E-state index in [2.05, 4.69) is 159 Å². The third kappa shape index (κ3) is 5.19. The van der Waals surface area contributed by atoms with Crippen molar-refractivity contribution in [2.45, 2.75) is 18.8 Å². The summed E-state index contributed by atoms with van der Waals surface area (Å²) in [5.41, 5.74) is 8.07. The molecule has 1 aliphatic rings. The quantitative estimate of drug-likeness (QED) is 0.183. The number of furan rings is 1. The van der Waals surface area contributed by atoms with Crippen LogP contribution in [0.5, 0.6) is 0 Å². The molecule has 0 amide bonds. The summed E-state index contributed by atoms with van der Waals surface area (Å²) in [6, 6.07) is 53.1. The Bertz CT molecular complexity index is 2900. The van der Waals surface area contributed by atoms with Crippen LogP contribution in [0.25, 0.3) is 83.0 Å². The molecule has 0 radical (unpaired) electrons. The number of rotatable bonds is 5. The number of fused-ring (bicyclic) bond motifs is 5. The van der Waals surface area contributed by atoms with Crippen LogP contribution in [-0.4, -0.2) is 15.0 Å². The first kappa shape index (κ1) is 30.2. The van der Waals surface area contributed by atoms with E-state index in [0.717, 1.165) is 72.6 Å². The van der Waals surface area contributed by atoms with Crippen molar-refractivity contribution < 1.29 is 4.42 Å². The van der Waals surface area contributed by atoms with Crippen LogP contribution in [0.15, 0.2) is 174 Å². The summed E-state index contributed by atoms with van der Waals surface area (Å²) in [6.07, 6.45) is 7.55. The molecule has 10 rings (SSSR count). The normalized spacial score (nSPS) is 15.8. The van der Waals surface area contributed by atoms with Gasteiger partial charge in [-0.2, -0.15) is 0 Å². The molecule has 246 valence electrons. The minimum atomic E-state index is -0.397. The maximum absolute atomic E-state index is 6.19. The Balaban J connectivity index is 1.07. The molecule has 0 aliphatic heterocycles. The Morgan fingerprint density at radius 1 is 0.519 bits per heavy atom. The van der Waals surface area contributed by atoms with Crippen molar-refractivity contribution in [2.24, 2.45) is 0 Å². The first-order valence-corrected chi connectivity index (χ1v) is 17.7. The molecule has 7 aromatic carbocycles. The average molecular weight is 668 g/mol. The second-order valence-electron chi connectivity index (χ2n) is 13.9. The van der Waals surface area contributed by atoms with E-state index in [0.29, 0.717) is 11.6 Å². The number of para-hydroxylation sites is 1. The lowest BCUT2D eigenvalue weighted by Crippen LogP contribution is -2.24. The zero-order valence-electron chi connectivity index (χ0n) is 28.6. The van der Waals surface area contributed by atoms with Gasteiger partial charge in [0.25, 0.3) is 0 Å². The van der Waals surface area contributed by atoms with Gasteiger partial charge >= 0.3 is 0 Å². The maximum atomic E-state index is 6.19. The number of benzene rings is 7. The van der Waals surface area contributed by atoms with E-state index in [1.54, 1.807) is 0 Å². The van der Waals surface area contributed by atoms with E-state index < -0.39 is 5.41 Å². The molecule has 0 saturated carbocycles. The van der Waals surface area contributed by atoms with Gasteiger partial charge in [-0.3, -0.25) is 0 Å². The van der Waals surface area contributed by atoms with E-state index in [4.69, 9.17) is 19.4 Å². The molecule has 1 atom stereocenters. The molecular weight excluding hydrogens is 635 g/mol. The van der Waals surface area contributed by atoms with Gasteiger partial charge in [0, 0.05) is 27.3 Å². The lowest BCUT2D eigenvalue weighted by molar-refractivity contribution is 0.555. The van der Waals surface area contributed by atoms with E-state index in [1.165, 1.54) is 16.5 Å². The second-order valence-corrected chi connectivity index (χ2v) is 13.9. The van der Waals surface area contributed by atoms with Crippen LogP contribution in [0.1, 0.15) is 24.7 Å². The number of aromatic nitrogens is 3. The molecule has 4 nitrogen and oxygen atoms in total. The summed E-state index contributed by atoms with van der Waals surface area (Å²) in [4.78, 5) is 15.5. The van der Waals surface area contributed by atoms with E-state index in [-0.39, 0.29) is 0 Å². The Kier molecular flexibility index (Phi) is 6.97. The van der Waals surface area contributed by atoms with Gasteiger partial charge in [0.05, 0.1) is 0 Å². The standard InChI is InChI=1S/C48H33N3O/c1-48(26-24-33(25-27-48)31-10-3-2-4-11-31)47-50-45(38-22-18-32-12-5-6-13-34(32)29-38)49-46(51-47)39-23-20-35-28-37(21-19-36(35)30-39)40-15-9-17-43-44(40)41-14-7-8-16-42(41)52-43/h2-26,28-30H,27H2,1H3. The molecule has 2 aromatic heterocycles. The SMILES string of the molecule is CC1(c2nc(-c3ccc4ccccc4c3)nc(-c3ccc4cc(-c5cccc6oc7ccccc7c56)ccc4c3)n2)C=CC(c2ccccc2)=CC1. The van der Waals surface area contributed by atoms with Gasteiger partial charge in [0.1, 0.15) is 17.0 Å². The number of nitrogens with zero attached hydrogens (tertiary/aromatic N) is 3. The molecule has 0 saturated heterocycles. The number of allylic oxidation sites excluding steroid dienone is 4. The van der Waals surface area contributed by atoms with Crippen molar-refractivity contribution in [2.75, 3.05) is 0 Å². The summed E-state index contributed by atoms with van der Waals surface area (Å²) in [7, 11) is 0. The summed E-state index contributed by atoms with van der Waals surface area (Å²) >= 11 is 0. The Morgan fingerprint density at radius 3 is 1.88 bits per heavy atom. The predicted molar refractivity (Wildman–Crippen MR) is 214 cm³/mol. The zero-order valence-corrected chi connectivity index (χ0v) is 28.6. The van der Waals surface area contributed by atoms with Gasteiger partial charge < -0.3 is 4.42 Å². The number of hydrogen-bond acceptors (Lipinski definition) is 4. The van der Waals surface area contributed by atoms with Crippen molar-refractivity contribution in [1.29, 1.82) is 0 Å². The molecule has 0 fully saturated rings. The van der Waals surface area contributed by atoms with E-state index in [9.17, 15) is 0 Å². The van der Waals surface area contributed by atoms with Crippen molar-refractivity contribution >= 4 is 49.1 Å². The highest BCUT2D eigenvalue weighted by atomic mass is 16.3. The fourth-order valence-corrected chi connectivity index (χ4v) is 7.53. The van der Waals surface area contributed by atoms with Crippen molar-refractivity contribution in [3.05, 3.63) is 181 Å². The highest BCUT2D eigenvalue weighted by Crippen LogP contribution is 2.39. The van der Waals surface area contributed by atoms with Crippen LogP contribution < -0.4 is 0 Å². The Labute approximate surface area is 301 Å². The predicted octanol–water partition coefficient (Wildman–Crippen LogP) is 12.4. The molecule has 1 aliphatic carbocycles. The van der Waals surface area contributed by atoms with Gasteiger partial charge in [0.2, 0.25) is 0 Å². The third-order valence-electron chi connectivity index (χ3n) is 10.4. The van der Waals surface area contributed by atoms with Crippen LogP contribution in [0.4, 0.5) is 0 Å². The summed E-state index contributed by atoms with van der Waals surface area (Å²) < 4.78 is 6.19. The Morgan fingerprint density at radius 2 is 1.13 bits per heavy atom. The van der Waals surface area contributed by atoms with Crippen LogP contribution in [-0.2, 0) is 5.41 Å². The second kappa shape index (κ2) is 12.0. The van der Waals surface area contributed by atoms with Crippen molar-refractivity contribution in [1.82, 2.24) is 15.0 Å². The smallest absolute Gasteiger partial charge is 0.163 e. The lowest BCUT2D eigenvalue weighted by atomic mass is 9.80. The molecule has 52 heavy (non-hydrogen) atoms. The molecule has 0 N–H and O–H groups in total. The average Bonchev–Trinajstić information content (AvgIpc) is 3.60. The van der Waals surface area contributed by atoms with Crippen LogP contribution in [0.2, 0.25) is 0 Å². The molecule has 4 heteroatoms. The number of hydrogen-bond donors (Lipinski definition) is 0. The molecule has 2 heterocycles. The minimum Gasteiger partial charge on any atom is -0.456 e. The Hall–Kier alpha value is -6.65. The van der Waals surface area contributed by atoms with E-state index >= 15 is 0 Å². The van der Waals surface area contributed by atoms with Gasteiger partial charge in [-0.15, -0.1) is 0 Å². The monoisotopic (exact) mass is 667 g/mol. The highest BCUT2D eigenvalue weighted by molar-refractivity contribution is 6.13. The van der Waals surface area contributed by atoms with E-state index in [1.807, 2.05) is 18.2 Å².